The molecule has 0 aromatic heterocycles. The molecule has 0 saturated heterocycles. The number of carbonyl (C=O) groups is 1. The highest BCUT2D eigenvalue weighted by Crippen LogP contribution is 2.13. The zero-order valence-corrected chi connectivity index (χ0v) is 30.4. The van der Waals surface area contributed by atoms with Gasteiger partial charge in [-0.2, -0.15) is 0 Å². The lowest BCUT2D eigenvalue weighted by molar-refractivity contribution is -0.0468. The second kappa shape index (κ2) is 42.1. The first-order valence-corrected chi connectivity index (χ1v) is 19.4. The lowest BCUT2D eigenvalue weighted by Crippen LogP contribution is -2.32. The zero-order valence-electron chi connectivity index (χ0n) is 30.4. The Morgan fingerprint density at radius 1 is 0.500 bits per heavy atom. The van der Waals surface area contributed by atoms with E-state index in [0.717, 1.165) is 25.9 Å². The van der Waals surface area contributed by atoms with Crippen molar-refractivity contribution in [3.63, 3.8) is 0 Å². The van der Waals surface area contributed by atoms with E-state index in [0.29, 0.717) is 39.6 Å². The smallest absolute Gasteiger partial charge is 0.407 e. The van der Waals surface area contributed by atoms with Gasteiger partial charge in [-0.05, 0) is 19.3 Å². The van der Waals surface area contributed by atoms with Gasteiger partial charge in [-0.15, -0.1) is 0 Å². The normalized spacial score (nSPS) is 11.8. The molecule has 1 unspecified atom stereocenters. The molecule has 46 heavy (non-hydrogen) atoms. The fourth-order valence-corrected chi connectivity index (χ4v) is 5.43. The summed E-state index contributed by atoms with van der Waals surface area (Å²) in [5.74, 6) is 0. The van der Waals surface area contributed by atoms with Gasteiger partial charge in [0.25, 0.3) is 0 Å². The number of alkyl carbamates (subject to hydrolysis) is 1. The molecule has 0 aromatic carbocycles. The standard InChI is InChI=1S/C38H77NO6.CH4/c1-4-6-8-10-12-14-16-18-20-22-24-26-30-43-35-37(36-45-38(40)39-29-28-31-42-34-33-41-3)44-32-27-25-23-21-19-17-15-13-11-9-7-5-2;/h37H,4-36H2,1-3H3,(H,39,40);1H4. The molecule has 0 heterocycles. The van der Waals surface area contributed by atoms with E-state index in [-0.39, 0.29) is 20.1 Å². The Morgan fingerprint density at radius 2 is 0.935 bits per heavy atom. The number of carbonyl (C=O) groups excluding carboxylic acids is 1. The molecule has 0 rings (SSSR count). The van der Waals surface area contributed by atoms with Crippen molar-refractivity contribution in [2.75, 3.05) is 59.9 Å². The first kappa shape index (κ1) is 47.2. The van der Waals surface area contributed by atoms with Gasteiger partial charge in [-0.3, -0.25) is 0 Å². The van der Waals surface area contributed by atoms with Crippen LogP contribution in [0.2, 0.25) is 0 Å². The minimum absolute atomic E-state index is 0. The van der Waals surface area contributed by atoms with E-state index in [4.69, 9.17) is 23.7 Å². The van der Waals surface area contributed by atoms with Crippen LogP contribution in [0.5, 0.6) is 0 Å². The van der Waals surface area contributed by atoms with E-state index in [9.17, 15) is 4.79 Å². The van der Waals surface area contributed by atoms with Gasteiger partial charge in [0.05, 0.1) is 19.8 Å². The number of hydrogen-bond donors (Lipinski definition) is 1. The lowest BCUT2D eigenvalue weighted by Gasteiger charge is -2.18. The molecule has 1 N–H and O–H groups in total. The number of rotatable bonds is 38. The van der Waals surface area contributed by atoms with Gasteiger partial charge in [0, 0.05) is 33.5 Å². The molecule has 0 spiro atoms. The Labute approximate surface area is 287 Å². The summed E-state index contributed by atoms with van der Waals surface area (Å²) in [5.41, 5.74) is 0. The molecule has 1 atom stereocenters. The van der Waals surface area contributed by atoms with E-state index in [2.05, 4.69) is 19.2 Å². The van der Waals surface area contributed by atoms with Crippen LogP contribution >= 0.6 is 0 Å². The predicted molar refractivity (Wildman–Crippen MR) is 196 cm³/mol. The van der Waals surface area contributed by atoms with E-state index >= 15 is 0 Å². The molecule has 0 aliphatic heterocycles. The summed E-state index contributed by atoms with van der Waals surface area (Å²) < 4.78 is 27.9. The zero-order chi connectivity index (χ0) is 32.7. The average Bonchev–Trinajstić information content (AvgIpc) is 3.05. The molecule has 7 heteroatoms. The maximum atomic E-state index is 12.2. The average molecular weight is 660 g/mol. The quantitative estimate of drug-likeness (QED) is 0.0665. The number of amides is 1. The van der Waals surface area contributed by atoms with Crippen LogP contribution in [-0.4, -0.2) is 72.1 Å². The monoisotopic (exact) mass is 660 g/mol. The van der Waals surface area contributed by atoms with Gasteiger partial charge in [-0.25, -0.2) is 4.79 Å². The third-order valence-corrected chi connectivity index (χ3v) is 8.36. The van der Waals surface area contributed by atoms with E-state index < -0.39 is 6.09 Å². The Hall–Kier alpha value is -0.890. The molecule has 0 aliphatic carbocycles. The van der Waals surface area contributed by atoms with Gasteiger partial charge in [0.1, 0.15) is 12.7 Å². The third-order valence-electron chi connectivity index (χ3n) is 8.36. The van der Waals surface area contributed by atoms with Gasteiger partial charge in [0.2, 0.25) is 0 Å². The van der Waals surface area contributed by atoms with Crippen molar-refractivity contribution in [1.29, 1.82) is 0 Å². The minimum atomic E-state index is -0.410. The molecule has 0 fully saturated rings. The first-order valence-electron chi connectivity index (χ1n) is 19.4. The summed E-state index contributed by atoms with van der Waals surface area (Å²) in [6, 6.07) is 0. The van der Waals surface area contributed by atoms with Crippen molar-refractivity contribution in [2.45, 2.75) is 188 Å². The summed E-state index contributed by atoms with van der Waals surface area (Å²) in [6.45, 7) is 8.92. The van der Waals surface area contributed by atoms with Gasteiger partial charge in [0.15, 0.2) is 0 Å². The van der Waals surface area contributed by atoms with Crippen LogP contribution < -0.4 is 5.32 Å². The van der Waals surface area contributed by atoms with Crippen LogP contribution in [0.1, 0.15) is 182 Å². The summed E-state index contributed by atoms with van der Waals surface area (Å²) in [6.07, 6.45) is 32.0. The topological polar surface area (TPSA) is 75.3 Å². The highest BCUT2D eigenvalue weighted by molar-refractivity contribution is 5.67. The van der Waals surface area contributed by atoms with Crippen LogP contribution in [0.15, 0.2) is 0 Å². The van der Waals surface area contributed by atoms with Gasteiger partial charge < -0.3 is 29.0 Å². The third kappa shape index (κ3) is 39.3. The summed E-state index contributed by atoms with van der Waals surface area (Å²) in [5, 5.41) is 2.80. The largest absolute Gasteiger partial charge is 0.447 e. The van der Waals surface area contributed by atoms with Gasteiger partial charge >= 0.3 is 6.09 Å². The van der Waals surface area contributed by atoms with Crippen molar-refractivity contribution in [3.05, 3.63) is 0 Å². The molecule has 0 aliphatic rings. The van der Waals surface area contributed by atoms with Crippen molar-refractivity contribution >= 4 is 6.09 Å². The van der Waals surface area contributed by atoms with E-state index in [1.165, 1.54) is 141 Å². The number of methoxy groups -OCH3 is 1. The van der Waals surface area contributed by atoms with Crippen molar-refractivity contribution in [3.8, 4) is 0 Å². The molecule has 7 nitrogen and oxygen atoms in total. The second-order valence-corrected chi connectivity index (χ2v) is 12.8. The Bertz CT molecular complexity index is 565. The number of unbranched alkanes of at least 4 members (excludes halogenated alkanes) is 22. The highest BCUT2D eigenvalue weighted by atomic mass is 16.6. The summed E-state index contributed by atoms with van der Waals surface area (Å²) in [7, 11) is 1.65. The number of nitrogens with one attached hydrogen (secondary N) is 1. The van der Waals surface area contributed by atoms with Crippen LogP contribution in [-0.2, 0) is 23.7 Å². The first-order chi connectivity index (χ1) is 22.2. The highest BCUT2D eigenvalue weighted by Gasteiger charge is 2.13. The molecule has 0 bridgehead atoms. The maximum Gasteiger partial charge on any atom is 0.407 e. The molecular formula is C39H81NO6. The Morgan fingerprint density at radius 3 is 1.41 bits per heavy atom. The second-order valence-electron chi connectivity index (χ2n) is 12.8. The fourth-order valence-electron chi connectivity index (χ4n) is 5.43. The number of ether oxygens (including phenoxy) is 5. The predicted octanol–water partition coefficient (Wildman–Crippen LogP) is 11.2. The molecule has 278 valence electrons. The molecule has 1 amide bonds. The minimum Gasteiger partial charge on any atom is -0.447 e. The lowest BCUT2D eigenvalue weighted by atomic mass is 10.1. The molecule has 0 radical (unpaired) electrons. The SMILES string of the molecule is C.CCCCCCCCCCCCCCOCC(COC(=O)NCCCOCCOC)OCCCCCCCCCCCCCC. The van der Waals surface area contributed by atoms with Crippen LogP contribution in [0.25, 0.3) is 0 Å². The number of hydrogen-bond acceptors (Lipinski definition) is 6. The fraction of sp³-hybridized carbons (Fsp3) is 0.974. The van der Waals surface area contributed by atoms with Crippen LogP contribution in [0.4, 0.5) is 4.79 Å². The van der Waals surface area contributed by atoms with Crippen LogP contribution in [0, 0.1) is 0 Å². The Kier molecular flexibility index (Phi) is 43.3. The Balaban J connectivity index is 0. The van der Waals surface area contributed by atoms with Crippen LogP contribution in [0.3, 0.4) is 0 Å². The van der Waals surface area contributed by atoms with Crippen molar-refractivity contribution < 1.29 is 28.5 Å². The van der Waals surface area contributed by atoms with Gasteiger partial charge in [-0.1, -0.05) is 163 Å². The van der Waals surface area contributed by atoms with E-state index in [1.54, 1.807) is 7.11 Å². The van der Waals surface area contributed by atoms with E-state index in [1.807, 2.05) is 0 Å². The molecular weight excluding hydrogens is 578 g/mol. The summed E-state index contributed by atoms with van der Waals surface area (Å²) in [4.78, 5) is 12.2. The summed E-state index contributed by atoms with van der Waals surface area (Å²) >= 11 is 0. The van der Waals surface area contributed by atoms with Crippen molar-refractivity contribution in [1.82, 2.24) is 5.32 Å². The molecule has 0 saturated carbocycles. The van der Waals surface area contributed by atoms with Crippen molar-refractivity contribution in [2.24, 2.45) is 0 Å². The molecule has 0 aromatic rings. The maximum absolute atomic E-state index is 12.2.